The molecule has 2 rings (SSSR count). The van der Waals surface area contributed by atoms with Crippen molar-refractivity contribution in [3.63, 3.8) is 0 Å². The highest BCUT2D eigenvalue weighted by Gasteiger charge is 2.23. The van der Waals surface area contributed by atoms with E-state index in [9.17, 15) is 4.79 Å². The number of halogens is 1. The van der Waals surface area contributed by atoms with Crippen LogP contribution in [0.4, 0.5) is 5.69 Å². The molecule has 0 saturated carbocycles. The predicted molar refractivity (Wildman–Crippen MR) is 78.5 cm³/mol. The van der Waals surface area contributed by atoms with Gasteiger partial charge in [0.2, 0.25) is 0 Å². The van der Waals surface area contributed by atoms with Gasteiger partial charge in [0, 0.05) is 31.9 Å². The van der Waals surface area contributed by atoms with Crippen molar-refractivity contribution in [2.45, 2.75) is 13.3 Å². The lowest BCUT2D eigenvalue weighted by Gasteiger charge is -2.34. The van der Waals surface area contributed by atoms with Gasteiger partial charge in [-0.2, -0.15) is 0 Å². The summed E-state index contributed by atoms with van der Waals surface area (Å²) in [6, 6.07) is 5.04. The third-order valence-electron chi connectivity index (χ3n) is 3.42. The van der Waals surface area contributed by atoms with Crippen LogP contribution in [-0.2, 0) is 0 Å². The number of nitrogen functional groups attached to an aromatic ring is 1. The topological polar surface area (TPSA) is 49.6 Å². The van der Waals surface area contributed by atoms with E-state index in [0.717, 1.165) is 39.1 Å². The lowest BCUT2D eigenvalue weighted by molar-refractivity contribution is 0.0638. The van der Waals surface area contributed by atoms with Crippen molar-refractivity contribution in [3.8, 4) is 0 Å². The maximum absolute atomic E-state index is 12.4. The van der Waals surface area contributed by atoms with Gasteiger partial charge in [0.05, 0.1) is 10.6 Å². The molecular weight excluding hydrogens is 262 g/mol. The lowest BCUT2D eigenvalue weighted by Crippen LogP contribution is -2.48. The molecule has 1 amide bonds. The molecule has 0 unspecified atom stereocenters. The second-order valence-corrected chi connectivity index (χ2v) is 5.28. The largest absolute Gasteiger partial charge is 0.399 e. The summed E-state index contributed by atoms with van der Waals surface area (Å²) in [5.74, 6) is -0.0200. The summed E-state index contributed by atoms with van der Waals surface area (Å²) < 4.78 is 0. The van der Waals surface area contributed by atoms with E-state index >= 15 is 0 Å². The third kappa shape index (κ3) is 3.39. The van der Waals surface area contributed by atoms with Gasteiger partial charge < -0.3 is 10.6 Å². The number of carbonyl (C=O) groups is 1. The number of nitrogens with zero attached hydrogens (tertiary/aromatic N) is 2. The Morgan fingerprint density at radius 2 is 2.00 bits per heavy atom. The predicted octanol–water partition coefficient (Wildman–Crippen LogP) is 2.09. The van der Waals surface area contributed by atoms with Crippen molar-refractivity contribution >= 4 is 23.2 Å². The number of amides is 1. The van der Waals surface area contributed by atoms with Crippen molar-refractivity contribution in [2.24, 2.45) is 0 Å². The molecule has 1 saturated heterocycles. The van der Waals surface area contributed by atoms with E-state index in [2.05, 4.69) is 11.8 Å². The van der Waals surface area contributed by atoms with Crippen molar-refractivity contribution in [1.29, 1.82) is 0 Å². The van der Waals surface area contributed by atoms with E-state index in [1.807, 2.05) is 4.90 Å². The average Bonchev–Trinajstić information content (AvgIpc) is 2.42. The van der Waals surface area contributed by atoms with Crippen LogP contribution in [0.2, 0.25) is 5.02 Å². The molecule has 0 aliphatic carbocycles. The Balaban J connectivity index is 2.03. The smallest absolute Gasteiger partial charge is 0.255 e. The fourth-order valence-corrected chi connectivity index (χ4v) is 2.57. The molecule has 1 aromatic carbocycles. The minimum absolute atomic E-state index is 0.0200. The molecule has 0 bridgehead atoms. The number of rotatable bonds is 3. The quantitative estimate of drug-likeness (QED) is 0.863. The number of hydrogen-bond acceptors (Lipinski definition) is 3. The zero-order chi connectivity index (χ0) is 13.8. The Bertz CT molecular complexity index is 456. The summed E-state index contributed by atoms with van der Waals surface area (Å²) >= 11 is 6.08. The average molecular weight is 282 g/mol. The zero-order valence-corrected chi connectivity index (χ0v) is 12.0. The second-order valence-electron chi connectivity index (χ2n) is 4.87. The van der Waals surface area contributed by atoms with E-state index in [4.69, 9.17) is 17.3 Å². The van der Waals surface area contributed by atoms with Gasteiger partial charge in [-0.3, -0.25) is 9.69 Å². The molecular formula is C14H20ClN3O. The first-order valence-corrected chi connectivity index (χ1v) is 7.06. The van der Waals surface area contributed by atoms with Gasteiger partial charge in [-0.15, -0.1) is 0 Å². The Labute approximate surface area is 119 Å². The molecule has 19 heavy (non-hydrogen) atoms. The van der Waals surface area contributed by atoms with E-state index in [1.54, 1.807) is 18.2 Å². The number of anilines is 1. The van der Waals surface area contributed by atoms with Crippen LogP contribution in [0.25, 0.3) is 0 Å². The molecule has 1 aliphatic heterocycles. The van der Waals surface area contributed by atoms with Crippen molar-refractivity contribution in [2.75, 3.05) is 38.5 Å². The molecule has 0 spiro atoms. The van der Waals surface area contributed by atoms with E-state index in [1.165, 1.54) is 0 Å². The van der Waals surface area contributed by atoms with Crippen LogP contribution < -0.4 is 5.73 Å². The highest BCUT2D eigenvalue weighted by atomic mass is 35.5. The molecule has 4 nitrogen and oxygen atoms in total. The fourth-order valence-electron chi connectivity index (χ4n) is 2.37. The monoisotopic (exact) mass is 281 g/mol. The summed E-state index contributed by atoms with van der Waals surface area (Å²) in [4.78, 5) is 16.6. The molecule has 5 heteroatoms. The first kappa shape index (κ1) is 14.2. The highest BCUT2D eigenvalue weighted by Crippen LogP contribution is 2.21. The summed E-state index contributed by atoms with van der Waals surface area (Å²) in [6.45, 7) is 6.64. The van der Waals surface area contributed by atoms with Crippen LogP contribution in [-0.4, -0.2) is 48.4 Å². The SMILES string of the molecule is CCCN1CCN(C(=O)c2cc(N)ccc2Cl)CC1. The summed E-state index contributed by atoms with van der Waals surface area (Å²) in [7, 11) is 0. The van der Waals surface area contributed by atoms with Crippen molar-refractivity contribution in [3.05, 3.63) is 28.8 Å². The lowest BCUT2D eigenvalue weighted by atomic mass is 10.1. The maximum Gasteiger partial charge on any atom is 0.255 e. The Morgan fingerprint density at radius 3 is 2.63 bits per heavy atom. The minimum Gasteiger partial charge on any atom is -0.399 e. The van der Waals surface area contributed by atoms with Crippen LogP contribution >= 0.6 is 11.6 Å². The molecule has 2 N–H and O–H groups in total. The minimum atomic E-state index is -0.0200. The first-order chi connectivity index (χ1) is 9.11. The summed E-state index contributed by atoms with van der Waals surface area (Å²) in [5, 5.41) is 0.468. The molecule has 0 aromatic heterocycles. The van der Waals surface area contributed by atoms with Gasteiger partial charge in [-0.25, -0.2) is 0 Å². The highest BCUT2D eigenvalue weighted by molar-refractivity contribution is 6.34. The molecule has 1 fully saturated rings. The summed E-state index contributed by atoms with van der Waals surface area (Å²) in [5.41, 5.74) is 6.79. The van der Waals surface area contributed by atoms with Crippen molar-refractivity contribution in [1.82, 2.24) is 9.80 Å². The number of benzene rings is 1. The van der Waals surface area contributed by atoms with Gasteiger partial charge in [0.15, 0.2) is 0 Å². The van der Waals surface area contributed by atoms with Crippen LogP contribution in [0.3, 0.4) is 0 Å². The molecule has 1 aromatic rings. The van der Waals surface area contributed by atoms with Crippen LogP contribution in [0, 0.1) is 0 Å². The number of piperazine rings is 1. The van der Waals surface area contributed by atoms with E-state index in [0.29, 0.717) is 16.3 Å². The van der Waals surface area contributed by atoms with E-state index < -0.39 is 0 Å². The second kappa shape index (κ2) is 6.26. The first-order valence-electron chi connectivity index (χ1n) is 6.68. The van der Waals surface area contributed by atoms with Crippen molar-refractivity contribution < 1.29 is 4.79 Å². The van der Waals surface area contributed by atoms with Gasteiger partial charge in [0.1, 0.15) is 0 Å². The number of hydrogen-bond donors (Lipinski definition) is 1. The molecule has 1 aliphatic rings. The fraction of sp³-hybridized carbons (Fsp3) is 0.500. The molecule has 0 radical (unpaired) electrons. The zero-order valence-electron chi connectivity index (χ0n) is 11.2. The Morgan fingerprint density at radius 1 is 1.32 bits per heavy atom. The van der Waals surface area contributed by atoms with E-state index in [-0.39, 0.29) is 5.91 Å². The Hall–Kier alpha value is -1.26. The number of nitrogens with two attached hydrogens (primary N) is 1. The molecule has 1 heterocycles. The van der Waals surface area contributed by atoms with Gasteiger partial charge in [-0.1, -0.05) is 18.5 Å². The number of carbonyl (C=O) groups excluding carboxylic acids is 1. The molecule has 104 valence electrons. The normalized spacial score (nSPS) is 16.6. The maximum atomic E-state index is 12.4. The summed E-state index contributed by atoms with van der Waals surface area (Å²) in [6.07, 6.45) is 1.15. The third-order valence-corrected chi connectivity index (χ3v) is 3.75. The van der Waals surface area contributed by atoms with Crippen LogP contribution in [0.5, 0.6) is 0 Å². The van der Waals surface area contributed by atoms with Gasteiger partial charge >= 0.3 is 0 Å². The Kier molecular flexibility index (Phi) is 4.66. The standard InChI is InChI=1S/C14H20ClN3O/c1-2-5-17-6-8-18(9-7-17)14(19)12-10-11(16)3-4-13(12)15/h3-4,10H,2,5-9,16H2,1H3. The van der Waals surface area contributed by atoms with Gasteiger partial charge in [0.25, 0.3) is 5.91 Å². The van der Waals surface area contributed by atoms with Gasteiger partial charge in [-0.05, 0) is 31.2 Å². The van der Waals surface area contributed by atoms with Crippen LogP contribution in [0.15, 0.2) is 18.2 Å². The van der Waals surface area contributed by atoms with Crippen LogP contribution in [0.1, 0.15) is 23.7 Å². The molecule has 0 atom stereocenters.